The van der Waals surface area contributed by atoms with Crippen LogP contribution >= 0.6 is 35.0 Å². The molecule has 4 aromatic rings. The van der Waals surface area contributed by atoms with Crippen LogP contribution in [0.1, 0.15) is 15.9 Å². The van der Waals surface area contributed by atoms with Crippen molar-refractivity contribution in [2.75, 3.05) is 23.5 Å². The molecule has 0 fully saturated rings. The summed E-state index contributed by atoms with van der Waals surface area (Å²) in [6, 6.07) is 24.1. The van der Waals surface area contributed by atoms with Gasteiger partial charge in [-0.05, 0) is 72.8 Å². The summed E-state index contributed by atoms with van der Waals surface area (Å²) in [5.41, 5.74) is 1.03. The molecule has 0 aromatic heterocycles. The molecule has 0 aliphatic rings. The Morgan fingerprint density at radius 1 is 0.857 bits per heavy atom. The molecule has 0 saturated carbocycles. The van der Waals surface area contributed by atoms with Crippen molar-refractivity contribution in [1.29, 1.82) is 0 Å². The molecule has 4 rings (SSSR count). The van der Waals surface area contributed by atoms with Crippen molar-refractivity contribution in [1.82, 2.24) is 5.32 Å². The molecule has 0 spiro atoms. The highest BCUT2D eigenvalue weighted by Crippen LogP contribution is 2.28. The van der Waals surface area contributed by atoms with Gasteiger partial charge >= 0.3 is 0 Å². The van der Waals surface area contributed by atoms with Crippen LogP contribution in [0.3, 0.4) is 0 Å². The Bertz CT molecular complexity index is 1610. The van der Waals surface area contributed by atoms with E-state index in [0.717, 1.165) is 4.90 Å². The molecule has 42 heavy (non-hydrogen) atoms. The van der Waals surface area contributed by atoms with E-state index in [-0.39, 0.29) is 27.9 Å². The summed E-state index contributed by atoms with van der Waals surface area (Å²) in [4.78, 5) is 39.2. The van der Waals surface area contributed by atoms with Gasteiger partial charge in [0, 0.05) is 27.4 Å². The molecule has 0 saturated heterocycles. The Balaban J connectivity index is 1.42. The Morgan fingerprint density at radius 2 is 1.57 bits per heavy atom. The van der Waals surface area contributed by atoms with Crippen LogP contribution in [0, 0.1) is 5.82 Å². The number of carbonyl (C=O) groups excluding carboxylic acids is 3. The highest BCUT2D eigenvalue weighted by atomic mass is 35.5. The average molecular weight is 625 g/mol. The molecule has 7 nitrogen and oxygen atoms in total. The van der Waals surface area contributed by atoms with Crippen molar-refractivity contribution in [2.24, 2.45) is 0 Å². The van der Waals surface area contributed by atoms with E-state index in [1.54, 1.807) is 72.8 Å². The quantitative estimate of drug-likeness (QED) is 0.127. The zero-order valence-electron chi connectivity index (χ0n) is 22.1. The number of anilines is 2. The maximum absolute atomic E-state index is 14.5. The topological polar surface area (TPSA) is 96.5 Å². The summed E-state index contributed by atoms with van der Waals surface area (Å²) in [5.74, 6) is -1.47. The molecule has 0 radical (unpaired) electrons. The zero-order valence-corrected chi connectivity index (χ0v) is 24.4. The number of hydrogen-bond acceptors (Lipinski definition) is 5. The third kappa shape index (κ3) is 8.36. The number of thioether (sulfide) groups is 1. The first-order valence-electron chi connectivity index (χ1n) is 12.4. The molecule has 11 heteroatoms. The second-order valence-electron chi connectivity index (χ2n) is 8.68. The number of rotatable bonds is 10. The van der Waals surface area contributed by atoms with E-state index in [1.165, 1.54) is 43.1 Å². The number of amides is 3. The minimum Gasteiger partial charge on any atom is -0.495 e. The van der Waals surface area contributed by atoms with Crippen LogP contribution in [-0.4, -0.2) is 30.6 Å². The highest BCUT2D eigenvalue weighted by Gasteiger charge is 2.17. The number of carbonyl (C=O) groups is 3. The molecule has 0 unspecified atom stereocenters. The Hall–Kier alpha value is -4.31. The lowest BCUT2D eigenvalue weighted by molar-refractivity contribution is -0.114. The summed E-state index contributed by atoms with van der Waals surface area (Å²) in [5, 5.41) is 8.49. The van der Waals surface area contributed by atoms with Gasteiger partial charge in [0.05, 0.1) is 22.9 Å². The van der Waals surface area contributed by atoms with Crippen molar-refractivity contribution in [2.45, 2.75) is 4.90 Å². The van der Waals surface area contributed by atoms with Gasteiger partial charge in [-0.25, -0.2) is 4.39 Å². The van der Waals surface area contributed by atoms with E-state index >= 15 is 0 Å². The number of methoxy groups -OCH3 is 1. The molecule has 0 aliphatic carbocycles. The predicted octanol–water partition coefficient (Wildman–Crippen LogP) is 7.28. The van der Waals surface area contributed by atoms with Crippen LogP contribution in [0.5, 0.6) is 5.75 Å². The largest absolute Gasteiger partial charge is 0.495 e. The van der Waals surface area contributed by atoms with E-state index in [2.05, 4.69) is 16.0 Å². The van der Waals surface area contributed by atoms with Crippen molar-refractivity contribution in [3.05, 3.63) is 124 Å². The SMILES string of the molecule is COc1ccc(NC(=O)CSc2ccc(NC(=O)/C(=C/c3c(F)cccc3Cl)NC(=O)c3ccccc3)cc2)cc1Cl. The van der Waals surface area contributed by atoms with Gasteiger partial charge in [0.2, 0.25) is 5.91 Å². The normalized spacial score (nSPS) is 11.0. The second-order valence-corrected chi connectivity index (χ2v) is 10.5. The van der Waals surface area contributed by atoms with Crippen molar-refractivity contribution >= 4 is 70.1 Å². The summed E-state index contributed by atoms with van der Waals surface area (Å²) < 4.78 is 19.6. The number of hydrogen-bond donors (Lipinski definition) is 3. The predicted molar refractivity (Wildman–Crippen MR) is 166 cm³/mol. The monoisotopic (exact) mass is 623 g/mol. The molecular weight excluding hydrogens is 600 g/mol. The van der Waals surface area contributed by atoms with E-state index < -0.39 is 17.6 Å². The molecule has 0 bridgehead atoms. The Kier molecular flexibility index (Phi) is 10.6. The highest BCUT2D eigenvalue weighted by molar-refractivity contribution is 8.00. The average Bonchev–Trinajstić information content (AvgIpc) is 2.98. The summed E-state index contributed by atoms with van der Waals surface area (Å²) >= 11 is 13.6. The van der Waals surface area contributed by atoms with Gasteiger partial charge in [-0.3, -0.25) is 14.4 Å². The maximum atomic E-state index is 14.5. The number of benzene rings is 4. The minimum absolute atomic E-state index is 0.0420. The molecular formula is C31H24Cl2FN3O4S. The molecule has 0 aliphatic heterocycles. The fourth-order valence-electron chi connectivity index (χ4n) is 3.66. The van der Waals surface area contributed by atoms with Crippen LogP contribution in [0.2, 0.25) is 10.0 Å². The summed E-state index contributed by atoms with van der Waals surface area (Å²) in [6.45, 7) is 0. The smallest absolute Gasteiger partial charge is 0.272 e. The molecule has 0 heterocycles. The minimum atomic E-state index is -0.684. The summed E-state index contributed by atoms with van der Waals surface area (Å²) in [6.07, 6.45) is 1.19. The van der Waals surface area contributed by atoms with Crippen molar-refractivity contribution in [3.63, 3.8) is 0 Å². The first-order valence-corrected chi connectivity index (χ1v) is 14.2. The lowest BCUT2D eigenvalue weighted by atomic mass is 10.1. The van der Waals surface area contributed by atoms with Crippen LogP contribution in [0.15, 0.2) is 102 Å². The van der Waals surface area contributed by atoms with Gasteiger partial charge in [0.1, 0.15) is 17.3 Å². The maximum Gasteiger partial charge on any atom is 0.272 e. The summed E-state index contributed by atoms with van der Waals surface area (Å²) in [7, 11) is 1.51. The van der Waals surface area contributed by atoms with Gasteiger partial charge < -0.3 is 20.7 Å². The lowest BCUT2D eigenvalue weighted by Crippen LogP contribution is -2.30. The van der Waals surface area contributed by atoms with Crippen LogP contribution in [0.4, 0.5) is 15.8 Å². The lowest BCUT2D eigenvalue weighted by Gasteiger charge is -2.12. The van der Waals surface area contributed by atoms with Crippen molar-refractivity contribution in [3.8, 4) is 5.75 Å². The van der Waals surface area contributed by atoms with Gasteiger partial charge in [-0.1, -0.05) is 47.5 Å². The molecule has 3 N–H and O–H groups in total. The number of ether oxygens (including phenoxy) is 1. The fraction of sp³-hybridized carbons (Fsp3) is 0.0645. The standard InChI is InChI=1S/C31H24Cl2FN3O4S/c1-41-28-15-12-21(16-25(28)33)35-29(38)18-42-22-13-10-20(11-14-22)36-31(40)27(17-23-24(32)8-5-9-26(23)34)37-30(39)19-6-3-2-4-7-19/h2-17H,18H2,1H3,(H,35,38)(H,36,40)(H,37,39)/b27-17-. The fourth-order valence-corrected chi connectivity index (χ4v) is 4.83. The van der Waals surface area contributed by atoms with Gasteiger partial charge in [0.15, 0.2) is 0 Å². The Labute approximate surface area is 256 Å². The third-order valence-corrected chi connectivity index (χ3v) is 7.37. The van der Waals surface area contributed by atoms with E-state index in [0.29, 0.717) is 27.7 Å². The molecule has 0 atom stereocenters. The van der Waals surface area contributed by atoms with Gasteiger partial charge in [-0.15, -0.1) is 11.8 Å². The van der Waals surface area contributed by atoms with Crippen LogP contribution < -0.4 is 20.7 Å². The number of halogens is 3. The second kappa shape index (κ2) is 14.5. The van der Waals surface area contributed by atoms with Crippen LogP contribution in [-0.2, 0) is 9.59 Å². The molecule has 214 valence electrons. The van der Waals surface area contributed by atoms with Crippen molar-refractivity contribution < 1.29 is 23.5 Å². The number of nitrogens with one attached hydrogen (secondary N) is 3. The first-order chi connectivity index (χ1) is 20.2. The van der Waals surface area contributed by atoms with E-state index in [1.807, 2.05) is 0 Å². The van der Waals surface area contributed by atoms with Gasteiger partial charge in [-0.2, -0.15) is 0 Å². The first kappa shape index (κ1) is 30.6. The van der Waals surface area contributed by atoms with Crippen LogP contribution in [0.25, 0.3) is 6.08 Å². The third-order valence-electron chi connectivity index (χ3n) is 5.73. The zero-order chi connectivity index (χ0) is 30.1. The van der Waals surface area contributed by atoms with E-state index in [4.69, 9.17) is 27.9 Å². The van der Waals surface area contributed by atoms with E-state index in [9.17, 15) is 18.8 Å². The van der Waals surface area contributed by atoms with Gasteiger partial charge in [0.25, 0.3) is 11.8 Å². The molecule has 3 amide bonds. The Morgan fingerprint density at radius 3 is 2.24 bits per heavy atom. The molecule has 4 aromatic carbocycles.